The molecule has 0 aliphatic carbocycles. The van der Waals surface area contributed by atoms with Gasteiger partial charge in [0.15, 0.2) is 4.34 Å². The van der Waals surface area contributed by atoms with Crippen molar-refractivity contribution in [2.24, 2.45) is 0 Å². The van der Waals surface area contributed by atoms with E-state index in [2.05, 4.69) is 37.4 Å². The SMILES string of the molecule is CSc1nc2ccc(NC(=O)NCc3ccc(N4CCCN(C)CC4)nc3)cc2s1. The van der Waals surface area contributed by atoms with Crippen LogP contribution in [0.1, 0.15) is 12.0 Å². The molecule has 0 spiro atoms. The number of likely N-dealkylation sites (N-methyl/N-ethyl adjacent to an activating group) is 1. The largest absolute Gasteiger partial charge is 0.355 e. The molecule has 30 heavy (non-hydrogen) atoms. The number of thioether (sulfide) groups is 1. The van der Waals surface area contributed by atoms with E-state index in [1.807, 2.05) is 42.8 Å². The van der Waals surface area contributed by atoms with Crippen LogP contribution < -0.4 is 15.5 Å². The van der Waals surface area contributed by atoms with Crippen LogP contribution in [-0.4, -0.2) is 60.4 Å². The molecule has 0 saturated carbocycles. The first-order chi connectivity index (χ1) is 14.6. The van der Waals surface area contributed by atoms with Crippen LogP contribution in [0, 0.1) is 0 Å². The standard InChI is InChI=1S/C21H26N6OS2/c1-26-8-3-9-27(11-10-26)19-7-4-15(13-22-19)14-23-20(28)24-16-5-6-17-18(12-16)30-21(25-17)29-2/h4-7,12-13H,3,8-11,14H2,1-2H3,(H2,23,24,28). The number of carbonyl (C=O) groups is 1. The average Bonchev–Trinajstić information content (AvgIpc) is 3.05. The first-order valence-corrected chi connectivity index (χ1v) is 12.0. The predicted octanol–water partition coefficient (Wildman–Crippen LogP) is 3.88. The van der Waals surface area contributed by atoms with Gasteiger partial charge >= 0.3 is 6.03 Å². The second kappa shape index (κ2) is 9.63. The van der Waals surface area contributed by atoms with Crippen molar-refractivity contribution in [3.8, 4) is 0 Å². The maximum absolute atomic E-state index is 12.3. The Morgan fingerprint density at radius 3 is 2.90 bits per heavy atom. The number of nitrogens with zero attached hydrogens (tertiary/aromatic N) is 4. The molecule has 4 rings (SSSR count). The Bertz CT molecular complexity index is 1010. The lowest BCUT2D eigenvalue weighted by atomic mass is 10.2. The van der Waals surface area contributed by atoms with Crippen molar-refractivity contribution in [1.82, 2.24) is 20.2 Å². The minimum atomic E-state index is -0.233. The van der Waals surface area contributed by atoms with E-state index < -0.39 is 0 Å². The lowest BCUT2D eigenvalue weighted by molar-refractivity contribution is 0.251. The van der Waals surface area contributed by atoms with Gasteiger partial charge in [0.2, 0.25) is 0 Å². The van der Waals surface area contributed by atoms with Gasteiger partial charge in [-0.05, 0) is 56.1 Å². The fourth-order valence-electron chi connectivity index (χ4n) is 3.41. The highest BCUT2D eigenvalue weighted by Gasteiger charge is 2.13. The minimum Gasteiger partial charge on any atom is -0.355 e. The third-order valence-corrected chi connectivity index (χ3v) is 7.11. The zero-order valence-corrected chi connectivity index (χ0v) is 18.9. The van der Waals surface area contributed by atoms with E-state index in [4.69, 9.17) is 0 Å². The number of pyridine rings is 1. The first kappa shape index (κ1) is 20.9. The zero-order chi connectivity index (χ0) is 20.9. The van der Waals surface area contributed by atoms with Crippen LogP contribution in [0.3, 0.4) is 0 Å². The highest BCUT2D eigenvalue weighted by atomic mass is 32.2. The lowest BCUT2D eigenvalue weighted by Gasteiger charge is -2.21. The maximum atomic E-state index is 12.3. The second-order valence-electron chi connectivity index (χ2n) is 7.34. The summed E-state index contributed by atoms with van der Waals surface area (Å²) >= 11 is 3.26. The fraction of sp³-hybridized carbons (Fsp3) is 0.381. The van der Waals surface area contributed by atoms with Crippen LogP contribution in [0.25, 0.3) is 10.2 Å². The number of fused-ring (bicyclic) bond motifs is 1. The molecule has 0 radical (unpaired) electrons. The number of hydrogen-bond donors (Lipinski definition) is 2. The third kappa shape index (κ3) is 5.21. The Labute approximate surface area is 184 Å². The molecule has 0 atom stereocenters. The van der Waals surface area contributed by atoms with Crippen LogP contribution in [0.4, 0.5) is 16.3 Å². The Morgan fingerprint density at radius 2 is 2.10 bits per heavy atom. The summed E-state index contributed by atoms with van der Waals surface area (Å²) in [5.74, 6) is 1.00. The van der Waals surface area contributed by atoms with E-state index in [9.17, 15) is 4.79 Å². The number of anilines is 2. The summed E-state index contributed by atoms with van der Waals surface area (Å²) in [6.07, 6.45) is 5.00. The average molecular weight is 443 g/mol. The van der Waals surface area contributed by atoms with Gasteiger partial charge in [-0.25, -0.2) is 14.8 Å². The summed E-state index contributed by atoms with van der Waals surface area (Å²) in [5, 5.41) is 5.79. The van der Waals surface area contributed by atoms with Crippen molar-refractivity contribution in [3.05, 3.63) is 42.1 Å². The molecule has 0 bridgehead atoms. The summed E-state index contributed by atoms with van der Waals surface area (Å²) < 4.78 is 2.09. The normalized spacial score (nSPS) is 15.2. The number of rotatable bonds is 5. The Hall–Kier alpha value is -2.36. The highest BCUT2D eigenvalue weighted by Crippen LogP contribution is 2.29. The quantitative estimate of drug-likeness (QED) is 0.584. The van der Waals surface area contributed by atoms with Crippen LogP contribution in [-0.2, 0) is 6.54 Å². The van der Waals surface area contributed by atoms with Crippen LogP contribution in [0.15, 0.2) is 40.9 Å². The highest BCUT2D eigenvalue weighted by molar-refractivity contribution is 8.00. The molecule has 1 fully saturated rings. The van der Waals surface area contributed by atoms with Gasteiger partial charge in [-0.2, -0.15) is 0 Å². The Balaban J connectivity index is 1.30. The molecule has 2 amide bonds. The van der Waals surface area contributed by atoms with Gasteiger partial charge in [0.25, 0.3) is 0 Å². The van der Waals surface area contributed by atoms with Crippen LogP contribution >= 0.6 is 23.1 Å². The number of aromatic nitrogens is 2. The van der Waals surface area contributed by atoms with Gasteiger partial charge in [-0.15, -0.1) is 11.3 Å². The predicted molar refractivity (Wildman–Crippen MR) is 126 cm³/mol. The molecule has 1 aliphatic rings. The monoisotopic (exact) mass is 442 g/mol. The summed E-state index contributed by atoms with van der Waals surface area (Å²) in [5.41, 5.74) is 2.69. The van der Waals surface area contributed by atoms with Gasteiger partial charge in [0.1, 0.15) is 5.82 Å². The van der Waals surface area contributed by atoms with Crippen molar-refractivity contribution >= 4 is 50.9 Å². The van der Waals surface area contributed by atoms with E-state index in [0.717, 1.165) is 64.2 Å². The maximum Gasteiger partial charge on any atom is 0.319 e. The minimum absolute atomic E-state index is 0.233. The number of benzene rings is 1. The third-order valence-electron chi connectivity index (χ3n) is 5.11. The number of thiazole rings is 1. The number of urea groups is 1. The molecule has 2 aromatic heterocycles. The van der Waals surface area contributed by atoms with Crippen molar-refractivity contribution in [2.75, 3.05) is 49.7 Å². The molecule has 1 aliphatic heterocycles. The summed E-state index contributed by atoms with van der Waals surface area (Å²) in [6, 6.07) is 9.61. The molecule has 158 valence electrons. The number of carbonyl (C=O) groups excluding carboxylic acids is 1. The van der Waals surface area contributed by atoms with E-state index in [0.29, 0.717) is 6.54 Å². The summed E-state index contributed by atoms with van der Waals surface area (Å²) in [4.78, 5) is 26.1. The Kier molecular flexibility index (Phi) is 6.71. The van der Waals surface area contributed by atoms with E-state index >= 15 is 0 Å². The van der Waals surface area contributed by atoms with E-state index in [1.54, 1.807) is 23.1 Å². The van der Waals surface area contributed by atoms with Crippen LogP contribution in [0.5, 0.6) is 0 Å². The van der Waals surface area contributed by atoms with E-state index in [1.165, 1.54) is 0 Å². The molecule has 1 saturated heterocycles. The van der Waals surface area contributed by atoms with Gasteiger partial charge in [-0.3, -0.25) is 0 Å². The van der Waals surface area contributed by atoms with Crippen molar-refractivity contribution in [3.63, 3.8) is 0 Å². The smallest absolute Gasteiger partial charge is 0.319 e. The molecular formula is C21H26N6OS2. The summed E-state index contributed by atoms with van der Waals surface area (Å²) in [7, 11) is 2.16. The molecule has 9 heteroatoms. The second-order valence-corrected chi connectivity index (χ2v) is 9.43. The molecule has 0 unspecified atom stereocenters. The molecular weight excluding hydrogens is 416 g/mol. The lowest BCUT2D eigenvalue weighted by Crippen LogP contribution is -2.30. The van der Waals surface area contributed by atoms with Gasteiger partial charge in [0.05, 0.1) is 10.2 Å². The van der Waals surface area contributed by atoms with Gasteiger partial charge in [0, 0.05) is 38.1 Å². The van der Waals surface area contributed by atoms with Crippen molar-refractivity contribution < 1.29 is 4.79 Å². The topological polar surface area (TPSA) is 73.4 Å². The van der Waals surface area contributed by atoms with Gasteiger partial charge < -0.3 is 20.4 Å². The molecule has 3 heterocycles. The van der Waals surface area contributed by atoms with E-state index in [-0.39, 0.29) is 6.03 Å². The number of nitrogens with one attached hydrogen (secondary N) is 2. The molecule has 3 aromatic rings. The Morgan fingerprint density at radius 1 is 1.20 bits per heavy atom. The van der Waals surface area contributed by atoms with Crippen LogP contribution in [0.2, 0.25) is 0 Å². The van der Waals surface area contributed by atoms with Crippen molar-refractivity contribution in [1.29, 1.82) is 0 Å². The number of amides is 2. The number of hydrogen-bond acceptors (Lipinski definition) is 7. The zero-order valence-electron chi connectivity index (χ0n) is 17.2. The fourth-order valence-corrected chi connectivity index (χ4v) is 4.94. The molecule has 2 N–H and O–H groups in total. The first-order valence-electron chi connectivity index (χ1n) is 9.98. The van der Waals surface area contributed by atoms with Crippen molar-refractivity contribution in [2.45, 2.75) is 17.3 Å². The van der Waals surface area contributed by atoms with Gasteiger partial charge in [-0.1, -0.05) is 17.8 Å². The molecule has 7 nitrogen and oxygen atoms in total. The summed E-state index contributed by atoms with van der Waals surface area (Å²) in [6.45, 7) is 4.63. The molecule has 1 aromatic carbocycles.